The number of hydrogen-bond acceptors (Lipinski definition) is 3. The van der Waals surface area contributed by atoms with Gasteiger partial charge in [-0.05, 0) is 30.7 Å². The molecule has 4 nitrogen and oxygen atoms in total. The van der Waals surface area contributed by atoms with Gasteiger partial charge in [0.2, 0.25) is 5.91 Å². The molecule has 19 heavy (non-hydrogen) atoms. The zero-order chi connectivity index (χ0) is 14.4. The second kappa shape index (κ2) is 7.36. The first kappa shape index (κ1) is 15.8. The number of carbonyl (C=O) groups excluding carboxylic acids is 2. The van der Waals surface area contributed by atoms with Gasteiger partial charge >= 0.3 is 5.97 Å². The van der Waals surface area contributed by atoms with Crippen LogP contribution in [0.25, 0.3) is 0 Å². The molecular formula is C13H15Cl2NO3. The average Bonchev–Trinajstić information content (AvgIpc) is 2.33. The summed E-state index contributed by atoms with van der Waals surface area (Å²) in [6.07, 6.45) is 0.246. The normalized spacial score (nSPS) is 11.8. The van der Waals surface area contributed by atoms with Crippen LogP contribution >= 0.6 is 23.2 Å². The highest BCUT2D eigenvalue weighted by Gasteiger charge is 2.13. The molecule has 0 spiro atoms. The Hall–Kier alpha value is -1.26. The van der Waals surface area contributed by atoms with Gasteiger partial charge in [-0.25, -0.2) is 0 Å². The maximum absolute atomic E-state index is 11.8. The molecule has 0 fully saturated rings. The van der Waals surface area contributed by atoms with E-state index in [-0.39, 0.29) is 30.8 Å². The molecule has 1 atom stereocenters. The van der Waals surface area contributed by atoms with Crippen molar-refractivity contribution in [3.63, 3.8) is 0 Å². The zero-order valence-electron chi connectivity index (χ0n) is 10.7. The molecule has 0 saturated carbocycles. The van der Waals surface area contributed by atoms with Gasteiger partial charge in [-0.3, -0.25) is 9.59 Å². The lowest BCUT2D eigenvalue weighted by Crippen LogP contribution is -2.35. The van der Waals surface area contributed by atoms with E-state index < -0.39 is 0 Å². The molecule has 0 aliphatic rings. The molecule has 104 valence electrons. The van der Waals surface area contributed by atoms with Crippen molar-refractivity contribution in [2.75, 3.05) is 7.11 Å². The van der Waals surface area contributed by atoms with Crippen LogP contribution in [0.2, 0.25) is 10.0 Å². The fraction of sp³-hybridized carbons (Fsp3) is 0.385. The Morgan fingerprint density at radius 2 is 2.05 bits per heavy atom. The van der Waals surface area contributed by atoms with Crippen LogP contribution < -0.4 is 5.32 Å². The molecule has 6 heteroatoms. The van der Waals surface area contributed by atoms with Crippen molar-refractivity contribution in [3.05, 3.63) is 33.8 Å². The number of hydrogen-bond donors (Lipinski definition) is 1. The van der Waals surface area contributed by atoms with Gasteiger partial charge in [-0.15, -0.1) is 0 Å². The van der Waals surface area contributed by atoms with Crippen LogP contribution in [0.3, 0.4) is 0 Å². The monoisotopic (exact) mass is 303 g/mol. The molecule has 0 aliphatic heterocycles. The van der Waals surface area contributed by atoms with Crippen molar-refractivity contribution in [2.24, 2.45) is 0 Å². The summed E-state index contributed by atoms with van der Waals surface area (Å²) in [6.45, 7) is 1.73. The Bertz CT molecular complexity index is 477. The van der Waals surface area contributed by atoms with Crippen LogP contribution in [0.1, 0.15) is 18.9 Å². The summed E-state index contributed by atoms with van der Waals surface area (Å²) in [4.78, 5) is 22.8. The van der Waals surface area contributed by atoms with Crippen molar-refractivity contribution < 1.29 is 14.3 Å². The quantitative estimate of drug-likeness (QED) is 0.851. The minimum absolute atomic E-state index is 0.116. The first-order valence-electron chi connectivity index (χ1n) is 5.72. The minimum atomic E-state index is -0.367. The third kappa shape index (κ3) is 5.49. The van der Waals surface area contributed by atoms with Gasteiger partial charge in [0, 0.05) is 16.1 Å². The first-order chi connectivity index (χ1) is 8.92. The van der Waals surface area contributed by atoms with E-state index in [9.17, 15) is 9.59 Å². The highest BCUT2D eigenvalue weighted by Crippen LogP contribution is 2.21. The van der Waals surface area contributed by atoms with Gasteiger partial charge in [0.15, 0.2) is 0 Å². The highest BCUT2D eigenvalue weighted by atomic mass is 35.5. The maximum Gasteiger partial charge on any atom is 0.307 e. The molecule has 1 rings (SSSR count). The zero-order valence-corrected chi connectivity index (χ0v) is 12.2. The fourth-order valence-electron chi connectivity index (χ4n) is 1.56. The molecule has 1 aromatic carbocycles. The second-order valence-electron chi connectivity index (χ2n) is 4.16. The molecular weight excluding hydrogens is 289 g/mol. The maximum atomic E-state index is 11.8. The minimum Gasteiger partial charge on any atom is -0.469 e. The Balaban J connectivity index is 2.55. The van der Waals surface area contributed by atoms with Gasteiger partial charge < -0.3 is 10.1 Å². The summed E-state index contributed by atoms with van der Waals surface area (Å²) in [5.41, 5.74) is 0.650. The van der Waals surface area contributed by atoms with Gasteiger partial charge in [0.05, 0.1) is 20.0 Å². The van der Waals surface area contributed by atoms with Crippen LogP contribution in [0.15, 0.2) is 18.2 Å². The summed E-state index contributed by atoms with van der Waals surface area (Å²) < 4.78 is 4.53. The Morgan fingerprint density at radius 3 is 2.68 bits per heavy atom. The van der Waals surface area contributed by atoms with E-state index in [1.807, 2.05) is 0 Å². The Kier molecular flexibility index (Phi) is 6.12. The molecule has 0 heterocycles. The molecule has 1 N–H and O–H groups in total. The standard InChI is InChI=1S/C13H15Cl2NO3/c1-8(5-13(18)19-2)16-12(17)7-9-6-10(14)3-4-11(9)15/h3-4,6,8H,5,7H2,1-2H3,(H,16,17)/t8-/m1/s1. The molecule has 0 bridgehead atoms. The van der Waals surface area contributed by atoms with E-state index in [4.69, 9.17) is 23.2 Å². The molecule has 1 amide bonds. The summed E-state index contributed by atoms with van der Waals surface area (Å²) in [7, 11) is 1.31. The number of methoxy groups -OCH3 is 1. The van der Waals surface area contributed by atoms with Crippen LogP contribution in [0, 0.1) is 0 Å². The third-order valence-electron chi connectivity index (χ3n) is 2.47. The summed E-state index contributed by atoms with van der Waals surface area (Å²) in [5, 5.41) is 3.71. The fourth-order valence-corrected chi connectivity index (χ4v) is 1.94. The van der Waals surface area contributed by atoms with Gasteiger partial charge in [-0.1, -0.05) is 23.2 Å². The van der Waals surface area contributed by atoms with E-state index in [2.05, 4.69) is 10.1 Å². The number of benzene rings is 1. The Morgan fingerprint density at radius 1 is 1.37 bits per heavy atom. The van der Waals surface area contributed by atoms with Gasteiger partial charge in [-0.2, -0.15) is 0 Å². The summed E-state index contributed by atoms with van der Waals surface area (Å²) in [6, 6.07) is 4.65. The van der Waals surface area contributed by atoms with E-state index in [0.29, 0.717) is 15.6 Å². The first-order valence-corrected chi connectivity index (χ1v) is 6.48. The van der Waals surface area contributed by atoms with Crippen molar-refractivity contribution in [3.8, 4) is 0 Å². The number of ether oxygens (including phenoxy) is 1. The summed E-state index contributed by atoms with van der Waals surface area (Å²) in [5.74, 6) is -0.589. The molecule has 0 radical (unpaired) electrons. The molecule has 0 aromatic heterocycles. The largest absolute Gasteiger partial charge is 0.469 e. The lowest BCUT2D eigenvalue weighted by Gasteiger charge is -2.13. The number of esters is 1. The van der Waals surface area contributed by atoms with E-state index in [0.717, 1.165) is 0 Å². The second-order valence-corrected chi connectivity index (χ2v) is 5.00. The summed E-state index contributed by atoms with van der Waals surface area (Å²) >= 11 is 11.8. The SMILES string of the molecule is COC(=O)C[C@@H](C)NC(=O)Cc1cc(Cl)ccc1Cl. The van der Waals surface area contributed by atoms with Crippen LogP contribution in [-0.2, 0) is 20.7 Å². The predicted octanol–water partition coefficient (Wildman–Crippen LogP) is 2.60. The average molecular weight is 304 g/mol. The number of amides is 1. The molecule has 1 aromatic rings. The van der Waals surface area contributed by atoms with Gasteiger partial charge in [0.25, 0.3) is 0 Å². The van der Waals surface area contributed by atoms with Crippen LogP contribution in [0.4, 0.5) is 0 Å². The van der Waals surface area contributed by atoms with Crippen molar-refractivity contribution in [2.45, 2.75) is 25.8 Å². The smallest absolute Gasteiger partial charge is 0.307 e. The molecule has 0 aliphatic carbocycles. The van der Waals surface area contributed by atoms with Crippen LogP contribution in [-0.4, -0.2) is 25.0 Å². The van der Waals surface area contributed by atoms with Crippen LogP contribution in [0.5, 0.6) is 0 Å². The number of nitrogens with one attached hydrogen (secondary N) is 1. The topological polar surface area (TPSA) is 55.4 Å². The lowest BCUT2D eigenvalue weighted by molar-refractivity contribution is -0.141. The molecule has 0 saturated heterocycles. The van der Waals surface area contributed by atoms with E-state index >= 15 is 0 Å². The van der Waals surface area contributed by atoms with Crippen molar-refractivity contribution >= 4 is 35.1 Å². The Labute approximate surface area is 122 Å². The molecule has 0 unspecified atom stereocenters. The number of carbonyl (C=O) groups is 2. The van der Waals surface area contributed by atoms with Crippen molar-refractivity contribution in [1.29, 1.82) is 0 Å². The van der Waals surface area contributed by atoms with E-state index in [1.165, 1.54) is 7.11 Å². The number of rotatable bonds is 5. The third-order valence-corrected chi connectivity index (χ3v) is 3.07. The highest BCUT2D eigenvalue weighted by molar-refractivity contribution is 6.33. The lowest BCUT2D eigenvalue weighted by atomic mass is 10.1. The predicted molar refractivity (Wildman–Crippen MR) is 74.4 cm³/mol. The number of halogens is 2. The van der Waals surface area contributed by atoms with Crippen molar-refractivity contribution in [1.82, 2.24) is 5.32 Å². The van der Waals surface area contributed by atoms with E-state index in [1.54, 1.807) is 25.1 Å². The van der Waals surface area contributed by atoms with Gasteiger partial charge in [0.1, 0.15) is 0 Å².